The molecule has 1 aliphatic heterocycles. The third-order valence-corrected chi connectivity index (χ3v) is 3.96. The molecule has 0 unspecified atom stereocenters. The number of halogens is 2. The van der Waals surface area contributed by atoms with Gasteiger partial charge in [-0.2, -0.15) is 0 Å². The van der Waals surface area contributed by atoms with Gasteiger partial charge in [0.25, 0.3) is 0 Å². The van der Waals surface area contributed by atoms with Crippen LogP contribution in [0, 0.1) is 0 Å². The van der Waals surface area contributed by atoms with E-state index in [9.17, 15) is 4.39 Å². The molecule has 1 saturated carbocycles. The van der Waals surface area contributed by atoms with E-state index >= 15 is 0 Å². The number of alkyl halides is 1. The zero-order valence-electron chi connectivity index (χ0n) is 10.6. The van der Waals surface area contributed by atoms with Crippen molar-refractivity contribution in [1.82, 2.24) is 10.6 Å². The van der Waals surface area contributed by atoms with E-state index in [4.69, 9.17) is 11.6 Å². The van der Waals surface area contributed by atoms with E-state index in [2.05, 4.69) is 15.6 Å². The molecule has 0 radical (unpaired) electrons. The van der Waals surface area contributed by atoms with Crippen LogP contribution in [0.1, 0.15) is 24.8 Å². The molecule has 0 spiro atoms. The molecule has 2 aliphatic rings. The highest BCUT2D eigenvalue weighted by atomic mass is 35.5. The molecule has 1 aliphatic carbocycles. The summed E-state index contributed by atoms with van der Waals surface area (Å²) in [5, 5.41) is 7.04. The van der Waals surface area contributed by atoms with Crippen LogP contribution in [0.4, 0.5) is 4.39 Å². The van der Waals surface area contributed by atoms with E-state index in [1.54, 1.807) is 24.3 Å². The number of aliphatic imine (C=N–C) groups is 1. The largest absolute Gasteiger partial charge is 0.356 e. The van der Waals surface area contributed by atoms with Crippen LogP contribution < -0.4 is 10.6 Å². The fourth-order valence-electron chi connectivity index (χ4n) is 2.65. The van der Waals surface area contributed by atoms with Crippen LogP contribution in [-0.2, 0) is 5.67 Å². The smallest absolute Gasteiger partial charge is 0.191 e. The molecule has 3 nitrogen and oxygen atoms in total. The second-order valence-corrected chi connectivity index (χ2v) is 5.67. The third kappa shape index (κ3) is 2.68. The number of guanidine groups is 1. The fourth-order valence-corrected chi connectivity index (χ4v) is 2.84. The lowest BCUT2D eigenvalue weighted by Gasteiger charge is -2.42. The Morgan fingerprint density at radius 1 is 1.42 bits per heavy atom. The molecule has 0 amide bonds. The number of benzene rings is 1. The summed E-state index contributed by atoms with van der Waals surface area (Å²) in [6.07, 6.45) is 1.99. The average Bonchev–Trinajstić information content (AvgIpc) is 2.38. The van der Waals surface area contributed by atoms with Crippen LogP contribution in [-0.4, -0.2) is 25.1 Å². The summed E-state index contributed by atoms with van der Waals surface area (Å²) in [6, 6.07) is 7.23. The van der Waals surface area contributed by atoms with Crippen LogP contribution in [0.25, 0.3) is 0 Å². The Bertz CT molecular complexity index is 497. The maximum absolute atomic E-state index is 14.7. The minimum atomic E-state index is -1.25. The molecular weight excluding hydrogens is 265 g/mol. The van der Waals surface area contributed by atoms with Gasteiger partial charge in [-0.1, -0.05) is 23.7 Å². The first-order valence-electron chi connectivity index (χ1n) is 6.65. The molecule has 1 aromatic carbocycles. The molecule has 0 saturated heterocycles. The molecule has 1 aromatic rings. The minimum Gasteiger partial charge on any atom is -0.356 e. The second-order valence-electron chi connectivity index (χ2n) is 5.24. The summed E-state index contributed by atoms with van der Waals surface area (Å²) in [6.45, 7) is 1.78. The lowest BCUT2D eigenvalue weighted by molar-refractivity contribution is 0.0324. The molecule has 3 rings (SSSR count). The Morgan fingerprint density at radius 2 is 2.26 bits per heavy atom. The Labute approximate surface area is 117 Å². The van der Waals surface area contributed by atoms with Gasteiger partial charge in [-0.25, -0.2) is 4.39 Å². The van der Waals surface area contributed by atoms with Crippen LogP contribution >= 0.6 is 11.6 Å². The van der Waals surface area contributed by atoms with Crippen molar-refractivity contribution in [2.24, 2.45) is 4.99 Å². The second kappa shape index (κ2) is 5.00. The molecule has 0 atom stereocenters. The van der Waals surface area contributed by atoms with E-state index < -0.39 is 5.67 Å². The number of nitrogens with one attached hydrogen (secondary N) is 2. The van der Waals surface area contributed by atoms with Crippen molar-refractivity contribution in [2.45, 2.75) is 31.0 Å². The normalized spacial score (nSPS) is 30.0. The summed E-state index contributed by atoms with van der Waals surface area (Å²) in [5.41, 5.74) is -0.575. The van der Waals surface area contributed by atoms with E-state index in [-0.39, 0.29) is 6.04 Å². The predicted molar refractivity (Wildman–Crippen MR) is 75.3 cm³/mol. The van der Waals surface area contributed by atoms with E-state index in [1.165, 1.54) is 0 Å². The van der Waals surface area contributed by atoms with Gasteiger partial charge in [0.15, 0.2) is 5.96 Å². The van der Waals surface area contributed by atoms with Crippen molar-refractivity contribution in [3.05, 3.63) is 34.9 Å². The lowest BCUT2D eigenvalue weighted by atomic mass is 9.73. The first-order valence-corrected chi connectivity index (χ1v) is 7.03. The maximum atomic E-state index is 14.7. The predicted octanol–water partition coefficient (Wildman–Crippen LogP) is 2.61. The third-order valence-electron chi connectivity index (χ3n) is 3.72. The Hall–Kier alpha value is -1.29. The van der Waals surface area contributed by atoms with Gasteiger partial charge in [0.1, 0.15) is 5.67 Å². The van der Waals surface area contributed by atoms with Crippen LogP contribution in [0.2, 0.25) is 5.02 Å². The van der Waals surface area contributed by atoms with Crippen molar-refractivity contribution in [1.29, 1.82) is 0 Å². The molecule has 1 fully saturated rings. The fraction of sp³-hybridized carbons (Fsp3) is 0.500. The lowest BCUT2D eigenvalue weighted by Crippen LogP contribution is -2.54. The number of hydrogen-bond donors (Lipinski definition) is 2. The van der Waals surface area contributed by atoms with Crippen LogP contribution in [0.5, 0.6) is 0 Å². The summed E-state index contributed by atoms with van der Waals surface area (Å²) < 4.78 is 14.7. The van der Waals surface area contributed by atoms with E-state index in [0.717, 1.165) is 25.5 Å². The van der Waals surface area contributed by atoms with Crippen LogP contribution in [0.15, 0.2) is 29.3 Å². The summed E-state index contributed by atoms with van der Waals surface area (Å²) in [4.78, 5) is 4.34. The Kier molecular flexibility index (Phi) is 3.35. The molecule has 0 aromatic heterocycles. The molecule has 2 N–H and O–H groups in total. The van der Waals surface area contributed by atoms with Crippen LogP contribution in [0.3, 0.4) is 0 Å². The van der Waals surface area contributed by atoms with Gasteiger partial charge in [0, 0.05) is 37.0 Å². The molecule has 5 heteroatoms. The summed E-state index contributed by atoms with van der Waals surface area (Å²) >= 11 is 5.91. The van der Waals surface area contributed by atoms with Gasteiger partial charge in [0.2, 0.25) is 0 Å². The monoisotopic (exact) mass is 281 g/mol. The van der Waals surface area contributed by atoms with Gasteiger partial charge in [0.05, 0.1) is 0 Å². The Morgan fingerprint density at radius 3 is 2.95 bits per heavy atom. The first-order chi connectivity index (χ1) is 9.16. The minimum absolute atomic E-state index is 0.147. The quantitative estimate of drug-likeness (QED) is 0.874. The average molecular weight is 282 g/mol. The Balaban J connectivity index is 1.60. The number of rotatable bonds is 2. The maximum Gasteiger partial charge on any atom is 0.191 e. The number of nitrogens with zero attached hydrogens (tertiary/aromatic N) is 1. The number of hydrogen-bond acceptors (Lipinski definition) is 3. The van der Waals surface area contributed by atoms with Gasteiger partial charge >= 0.3 is 0 Å². The van der Waals surface area contributed by atoms with E-state index in [1.807, 2.05) is 0 Å². The van der Waals surface area contributed by atoms with Gasteiger partial charge in [-0.05, 0) is 24.1 Å². The van der Waals surface area contributed by atoms with Gasteiger partial charge in [-0.3, -0.25) is 4.99 Å². The molecular formula is C14H17ClFN3. The first kappa shape index (κ1) is 12.7. The zero-order valence-corrected chi connectivity index (χ0v) is 11.4. The topological polar surface area (TPSA) is 36.4 Å². The zero-order chi connectivity index (χ0) is 13.3. The molecule has 0 bridgehead atoms. The van der Waals surface area contributed by atoms with Crippen molar-refractivity contribution in [3.8, 4) is 0 Å². The van der Waals surface area contributed by atoms with Crippen molar-refractivity contribution in [2.75, 3.05) is 13.1 Å². The van der Waals surface area contributed by atoms with E-state index in [0.29, 0.717) is 23.4 Å². The standard InChI is InChI=1S/C14H17ClFN3/c15-11-4-1-3-10(7-11)14(16)8-12(9-14)19-13-17-5-2-6-18-13/h1,3-4,7,12H,2,5-6,8-9H2,(H2,17,18,19). The molecule has 1 heterocycles. The van der Waals surface area contributed by atoms with Crippen molar-refractivity contribution in [3.63, 3.8) is 0 Å². The SMILES string of the molecule is FC1(c2cccc(Cl)c2)CC(NC2=NCCCN2)C1. The van der Waals surface area contributed by atoms with Gasteiger partial charge < -0.3 is 10.6 Å². The molecule has 19 heavy (non-hydrogen) atoms. The highest BCUT2D eigenvalue weighted by Gasteiger charge is 2.46. The van der Waals surface area contributed by atoms with Gasteiger partial charge in [-0.15, -0.1) is 0 Å². The summed E-state index contributed by atoms with van der Waals surface area (Å²) in [5.74, 6) is 0.810. The highest BCUT2D eigenvalue weighted by molar-refractivity contribution is 6.30. The molecule has 102 valence electrons. The van der Waals surface area contributed by atoms with Crippen molar-refractivity contribution >= 4 is 17.6 Å². The van der Waals surface area contributed by atoms with Crippen molar-refractivity contribution < 1.29 is 4.39 Å². The highest BCUT2D eigenvalue weighted by Crippen LogP contribution is 2.45. The summed E-state index contributed by atoms with van der Waals surface area (Å²) in [7, 11) is 0.